The van der Waals surface area contributed by atoms with Gasteiger partial charge in [-0.3, -0.25) is 9.20 Å². The molecule has 8 heteroatoms. The van der Waals surface area contributed by atoms with Crippen LogP contribution in [0.5, 0.6) is 0 Å². The third-order valence-corrected chi connectivity index (χ3v) is 6.49. The van der Waals surface area contributed by atoms with Crippen molar-refractivity contribution in [1.29, 1.82) is 0 Å². The van der Waals surface area contributed by atoms with Gasteiger partial charge in [0.1, 0.15) is 11.5 Å². The monoisotopic (exact) mass is 424 g/mol. The van der Waals surface area contributed by atoms with Gasteiger partial charge in [0.25, 0.3) is 5.56 Å². The van der Waals surface area contributed by atoms with Gasteiger partial charge in [-0.1, -0.05) is 30.3 Å². The Morgan fingerprint density at radius 2 is 2.07 bits per heavy atom. The zero-order valence-corrected chi connectivity index (χ0v) is 18.3. The van der Waals surface area contributed by atoms with Gasteiger partial charge >= 0.3 is 0 Å². The summed E-state index contributed by atoms with van der Waals surface area (Å²) in [5.74, 6) is 1.56. The van der Waals surface area contributed by atoms with Crippen LogP contribution in [0.3, 0.4) is 0 Å². The molecule has 0 aromatic carbocycles. The molecular weight excluding hydrogens is 396 g/mol. The molecule has 3 aromatic rings. The number of likely N-dealkylation sites (tertiary alicyclic amines) is 1. The van der Waals surface area contributed by atoms with Crippen LogP contribution in [0.25, 0.3) is 5.65 Å². The van der Waals surface area contributed by atoms with Gasteiger partial charge in [0.2, 0.25) is 0 Å². The minimum absolute atomic E-state index is 0.0610. The average molecular weight is 425 g/mol. The lowest BCUT2D eigenvalue weighted by Gasteiger charge is -2.26. The fraction of sp³-hybridized carbons (Fsp3) is 0.455. The van der Waals surface area contributed by atoms with Crippen molar-refractivity contribution < 1.29 is 0 Å². The predicted molar refractivity (Wildman–Crippen MR) is 120 cm³/mol. The van der Waals surface area contributed by atoms with Crippen LogP contribution in [-0.2, 0) is 18.7 Å². The second-order valence-corrected chi connectivity index (χ2v) is 8.65. The van der Waals surface area contributed by atoms with Crippen LogP contribution < -0.4 is 5.56 Å². The lowest BCUT2D eigenvalue weighted by Crippen LogP contribution is -2.32. The van der Waals surface area contributed by atoms with Crippen LogP contribution in [0.1, 0.15) is 36.3 Å². The Hall–Kier alpha value is -2.45. The van der Waals surface area contributed by atoms with Crippen molar-refractivity contribution >= 4 is 17.4 Å². The highest BCUT2D eigenvalue weighted by Crippen LogP contribution is 2.22. The van der Waals surface area contributed by atoms with E-state index in [2.05, 4.69) is 31.2 Å². The van der Waals surface area contributed by atoms with Crippen molar-refractivity contribution in [2.24, 2.45) is 0 Å². The van der Waals surface area contributed by atoms with Crippen molar-refractivity contribution in [1.82, 2.24) is 29.0 Å². The third-order valence-electron chi connectivity index (χ3n) is 5.49. The Kier molecular flexibility index (Phi) is 6.64. The summed E-state index contributed by atoms with van der Waals surface area (Å²) in [7, 11) is 0. The Bertz CT molecular complexity index is 1080. The predicted octanol–water partition coefficient (Wildman–Crippen LogP) is 3.10. The number of rotatable bonds is 8. The smallest absolute Gasteiger partial charge is 0.258 e. The summed E-state index contributed by atoms with van der Waals surface area (Å²) < 4.78 is 3.71. The number of pyridine rings is 1. The topological polar surface area (TPSA) is 68.3 Å². The number of thioether (sulfide) groups is 1. The number of nitrogens with zero attached hydrogens (tertiary/aromatic N) is 6. The first-order chi connectivity index (χ1) is 14.7. The van der Waals surface area contributed by atoms with E-state index >= 15 is 0 Å². The van der Waals surface area contributed by atoms with Gasteiger partial charge in [0, 0.05) is 37.5 Å². The van der Waals surface area contributed by atoms with Gasteiger partial charge in [-0.15, -0.1) is 16.8 Å². The van der Waals surface area contributed by atoms with Gasteiger partial charge in [0.15, 0.2) is 5.16 Å². The summed E-state index contributed by atoms with van der Waals surface area (Å²) in [5, 5.41) is 9.70. The van der Waals surface area contributed by atoms with Crippen LogP contribution in [-0.4, -0.2) is 48.7 Å². The number of allylic oxidation sites excluding steroid dienone is 1. The summed E-state index contributed by atoms with van der Waals surface area (Å²) in [4.78, 5) is 19.6. The highest BCUT2D eigenvalue weighted by atomic mass is 32.2. The molecule has 7 nitrogen and oxygen atoms in total. The molecule has 0 amide bonds. The highest BCUT2D eigenvalue weighted by molar-refractivity contribution is 7.98. The standard InChI is InChI=1S/C22H28N6OS/c1-3-10-27-19(9-14-26-11-5-4-6-12-26)24-25-22(27)30-16-18-15-20(29)28-13-7-8-17(2)21(28)23-18/h3,7-8,13,15H,1,4-6,9-12,14,16H2,2H3. The lowest BCUT2D eigenvalue weighted by molar-refractivity contribution is 0.229. The molecule has 30 heavy (non-hydrogen) atoms. The molecule has 0 atom stereocenters. The van der Waals surface area contributed by atoms with E-state index in [1.807, 2.05) is 25.1 Å². The van der Waals surface area contributed by atoms with E-state index in [1.165, 1.54) is 32.4 Å². The highest BCUT2D eigenvalue weighted by Gasteiger charge is 2.15. The van der Waals surface area contributed by atoms with Crippen LogP contribution in [0, 0.1) is 6.92 Å². The maximum atomic E-state index is 12.4. The molecule has 1 aliphatic rings. The maximum Gasteiger partial charge on any atom is 0.258 e. The lowest BCUT2D eigenvalue weighted by atomic mass is 10.1. The molecule has 3 aromatic heterocycles. The fourth-order valence-corrected chi connectivity index (χ4v) is 4.74. The molecule has 0 bridgehead atoms. The first-order valence-corrected chi connectivity index (χ1v) is 11.5. The van der Waals surface area contributed by atoms with Gasteiger partial charge in [-0.25, -0.2) is 4.98 Å². The van der Waals surface area contributed by atoms with Crippen molar-refractivity contribution in [3.8, 4) is 0 Å². The molecule has 0 unspecified atom stereocenters. The van der Waals surface area contributed by atoms with E-state index in [9.17, 15) is 4.79 Å². The summed E-state index contributed by atoms with van der Waals surface area (Å²) in [5.41, 5.74) is 2.38. The van der Waals surface area contributed by atoms with Crippen molar-refractivity contribution in [2.45, 2.75) is 50.1 Å². The molecule has 4 heterocycles. The molecule has 1 saturated heterocycles. The van der Waals surface area contributed by atoms with E-state index in [0.29, 0.717) is 17.9 Å². The second kappa shape index (κ2) is 9.57. The first kappa shape index (κ1) is 20.8. The minimum atomic E-state index is -0.0610. The van der Waals surface area contributed by atoms with Crippen molar-refractivity contribution in [2.75, 3.05) is 19.6 Å². The Balaban J connectivity index is 1.48. The average Bonchev–Trinajstić information content (AvgIpc) is 3.14. The van der Waals surface area contributed by atoms with Crippen molar-refractivity contribution in [3.63, 3.8) is 0 Å². The zero-order valence-electron chi connectivity index (χ0n) is 17.5. The van der Waals surface area contributed by atoms with E-state index in [-0.39, 0.29) is 5.56 Å². The number of aromatic nitrogens is 5. The molecule has 0 N–H and O–H groups in total. The molecule has 4 rings (SSSR count). The van der Waals surface area contributed by atoms with Gasteiger partial charge in [0.05, 0.1) is 5.69 Å². The number of aryl methyl sites for hydroxylation is 1. The van der Waals surface area contributed by atoms with Gasteiger partial charge < -0.3 is 9.47 Å². The van der Waals surface area contributed by atoms with Gasteiger partial charge in [-0.05, 0) is 44.5 Å². The molecule has 0 saturated carbocycles. The molecule has 1 fully saturated rings. The largest absolute Gasteiger partial charge is 0.303 e. The Morgan fingerprint density at radius 3 is 2.87 bits per heavy atom. The van der Waals surface area contributed by atoms with Crippen LogP contribution in [0.4, 0.5) is 0 Å². The van der Waals surface area contributed by atoms with E-state index in [4.69, 9.17) is 0 Å². The molecule has 1 aliphatic heterocycles. The fourth-order valence-electron chi connectivity index (χ4n) is 3.89. The van der Waals surface area contributed by atoms with Crippen LogP contribution in [0.15, 0.2) is 47.0 Å². The maximum absolute atomic E-state index is 12.4. The third kappa shape index (κ3) is 4.65. The summed E-state index contributed by atoms with van der Waals surface area (Å²) in [6.45, 7) is 9.91. The number of hydrogen-bond donors (Lipinski definition) is 0. The second-order valence-electron chi connectivity index (χ2n) is 7.71. The van der Waals surface area contributed by atoms with Crippen molar-refractivity contribution in [3.05, 3.63) is 64.5 Å². The summed E-state index contributed by atoms with van der Waals surface area (Å²) in [6, 6.07) is 5.43. The first-order valence-electron chi connectivity index (χ1n) is 10.5. The van der Waals surface area contributed by atoms with Gasteiger partial charge in [-0.2, -0.15) is 0 Å². The molecule has 0 spiro atoms. The van der Waals surface area contributed by atoms with Crippen LogP contribution >= 0.6 is 11.8 Å². The molecular formula is C22H28N6OS. The quantitative estimate of drug-likeness (QED) is 0.409. The molecule has 0 radical (unpaired) electrons. The Labute approximate surface area is 180 Å². The summed E-state index contributed by atoms with van der Waals surface area (Å²) in [6.07, 6.45) is 8.44. The van der Waals surface area contributed by atoms with E-state index < -0.39 is 0 Å². The SMILES string of the molecule is C=CCn1c(CCN2CCCCC2)nnc1SCc1cc(=O)n2cccc(C)c2n1. The normalized spacial score (nSPS) is 15.0. The zero-order chi connectivity index (χ0) is 20.9. The molecule has 158 valence electrons. The molecule has 0 aliphatic carbocycles. The number of piperidine rings is 1. The summed E-state index contributed by atoms with van der Waals surface area (Å²) >= 11 is 1.56. The Morgan fingerprint density at radius 1 is 1.23 bits per heavy atom. The van der Waals surface area contributed by atoms with Crippen LogP contribution in [0.2, 0.25) is 0 Å². The minimum Gasteiger partial charge on any atom is -0.303 e. The number of fused-ring (bicyclic) bond motifs is 1. The van der Waals surface area contributed by atoms with E-state index in [1.54, 1.807) is 28.4 Å². The number of hydrogen-bond acceptors (Lipinski definition) is 6. The van der Waals surface area contributed by atoms with E-state index in [0.717, 1.165) is 35.2 Å².